The number of hydrogen-bond acceptors (Lipinski definition) is 9. The summed E-state index contributed by atoms with van der Waals surface area (Å²) in [5.74, 6) is -1.87. The lowest BCUT2D eigenvalue weighted by Crippen LogP contribution is -2.36. The number of ether oxygens (including phenoxy) is 2. The number of aromatic amines is 1. The number of aryl methyl sites for hydroxylation is 1. The predicted octanol–water partition coefficient (Wildman–Crippen LogP) is 1.90. The van der Waals surface area contributed by atoms with Gasteiger partial charge in [0.25, 0.3) is 5.56 Å². The second-order valence-corrected chi connectivity index (χ2v) is 10.7. The van der Waals surface area contributed by atoms with Crippen LogP contribution in [0.15, 0.2) is 40.1 Å². The first-order valence-corrected chi connectivity index (χ1v) is 13.2. The zero-order valence-corrected chi connectivity index (χ0v) is 21.8. The average Bonchev–Trinajstić information content (AvgIpc) is 3.19. The molecule has 3 unspecified atom stereocenters. The number of carbonyl (C=O) groups is 1. The van der Waals surface area contributed by atoms with Crippen LogP contribution >= 0.6 is 7.75 Å². The number of nitrogens with zero attached hydrogens (tertiary/aromatic N) is 1. The molecule has 14 heteroatoms. The van der Waals surface area contributed by atoms with Gasteiger partial charge >= 0.3 is 19.4 Å². The number of esters is 1. The monoisotopic (exact) mass is 543 g/mol. The fourth-order valence-electron chi connectivity index (χ4n) is 3.54. The lowest BCUT2D eigenvalue weighted by molar-refractivity contribution is -0.149. The highest BCUT2D eigenvalue weighted by molar-refractivity contribution is 7.51. The van der Waals surface area contributed by atoms with Crippen LogP contribution in [0.25, 0.3) is 0 Å². The van der Waals surface area contributed by atoms with E-state index in [1.54, 1.807) is 26.0 Å². The molecule has 3 N–H and O–H groups in total. The molecule has 0 spiro atoms. The molecule has 0 radical (unpaired) electrons. The van der Waals surface area contributed by atoms with Crippen LogP contribution in [0.1, 0.15) is 44.5 Å². The highest BCUT2D eigenvalue weighted by Crippen LogP contribution is 2.46. The fraction of sp³-hybridized carbons (Fsp3) is 0.522. The molecule has 12 nitrogen and oxygen atoms in total. The Morgan fingerprint density at radius 3 is 2.68 bits per heavy atom. The Bertz CT molecular complexity index is 1260. The van der Waals surface area contributed by atoms with Crippen LogP contribution in [0.5, 0.6) is 0 Å². The van der Waals surface area contributed by atoms with Gasteiger partial charge in [-0.2, -0.15) is 4.39 Å². The zero-order chi connectivity index (χ0) is 27.3. The van der Waals surface area contributed by atoms with E-state index >= 15 is 0 Å². The molecule has 1 saturated heterocycles. The van der Waals surface area contributed by atoms with Crippen molar-refractivity contribution >= 4 is 13.7 Å². The van der Waals surface area contributed by atoms with Gasteiger partial charge in [-0.1, -0.05) is 24.3 Å². The van der Waals surface area contributed by atoms with Crippen molar-refractivity contribution in [2.45, 2.75) is 71.3 Å². The number of halogens is 1. The van der Waals surface area contributed by atoms with E-state index in [0.29, 0.717) is 6.20 Å². The van der Waals surface area contributed by atoms with E-state index < -0.39 is 68.0 Å². The Labute approximate surface area is 212 Å². The topological polar surface area (TPSA) is 158 Å². The van der Waals surface area contributed by atoms with E-state index in [0.717, 1.165) is 15.7 Å². The summed E-state index contributed by atoms with van der Waals surface area (Å²) >= 11 is 0. The Hall–Kier alpha value is -2.67. The summed E-state index contributed by atoms with van der Waals surface area (Å²) in [5, 5.41) is 13.0. The van der Waals surface area contributed by atoms with E-state index in [9.17, 15) is 28.4 Å². The molecule has 204 valence electrons. The van der Waals surface area contributed by atoms with Gasteiger partial charge in [-0.25, -0.2) is 14.4 Å². The van der Waals surface area contributed by atoms with E-state index in [-0.39, 0.29) is 13.0 Å². The molecular weight excluding hydrogens is 512 g/mol. The third-order valence-electron chi connectivity index (χ3n) is 5.56. The number of aliphatic hydroxyl groups excluding tert-OH is 1. The minimum absolute atomic E-state index is 0.106. The smallest absolute Gasteiger partial charge is 0.406 e. The predicted molar refractivity (Wildman–Crippen MR) is 129 cm³/mol. The van der Waals surface area contributed by atoms with Gasteiger partial charge in [-0.15, -0.1) is 0 Å². The SMILES string of the molecule is Cc1ccccc1CO[P@](=O)(N[C@@H](C)C(=O)OC(C)C)OCC1OC(n2cc(F)c(=O)[nH]c2=O)CC1O. The number of aromatic nitrogens is 2. The molecule has 2 aromatic rings. The normalized spacial score (nSPS) is 22.1. The van der Waals surface area contributed by atoms with Crippen LogP contribution in [0.3, 0.4) is 0 Å². The Morgan fingerprint density at radius 1 is 1.30 bits per heavy atom. The van der Waals surface area contributed by atoms with Gasteiger partial charge in [0.2, 0.25) is 5.82 Å². The maximum absolute atomic E-state index is 13.7. The van der Waals surface area contributed by atoms with Crippen molar-refractivity contribution in [3.63, 3.8) is 0 Å². The first-order chi connectivity index (χ1) is 17.4. The number of carbonyl (C=O) groups excluding carboxylic acids is 1. The maximum Gasteiger partial charge on any atom is 0.406 e. The van der Waals surface area contributed by atoms with Gasteiger partial charge in [0.05, 0.1) is 31.6 Å². The van der Waals surface area contributed by atoms with Crippen molar-refractivity contribution in [3.8, 4) is 0 Å². The minimum Gasteiger partial charge on any atom is -0.462 e. The standard InChI is InChI=1S/C23H31FN3O9P/c1-13(2)35-22(30)15(4)26-37(32,33-11-16-8-6-5-7-14(16)3)34-12-19-18(28)9-20(36-19)27-10-17(24)21(29)25-23(27)31/h5-8,10,13,15,18-20,28H,9,11-12H2,1-4H3,(H,26,32)(H,25,29,31)/t15-,18?,19?,20?,37+/m0/s1. The molecule has 3 rings (SSSR count). The molecular formula is C23H31FN3O9P. The van der Waals surface area contributed by atoms with E-state index in [1.165, 1.54) is 6.92 Å². The highest BCUT2D eigenvalue weighted by atomic mass is 31.2. The van der Waals surface area contributed by atoms with Crippen LogP contribution < -0.4 is 16.3 Å². The first-order valence-electron chi connectivity index (χ1n) is 11.6. The summed E-state index contributed by atoms with van der Waals surface area (Å²) in [6.45, 7) is 6.07. The molecule has 0 bridgehead atoms. The minimum atomic E-state index is -4.17. The van der Waals surface area contributed by atoms with Crippen LogP contribution in [0.2, 0.25) is 0 Å². The van der Waals surface area contributed by atoms with Gasteiger partial charge < -0.3 is 14.6 Å². The van der Waals surface area contributed by atoms with Crippen molar-refractivity contribution in [3.05, 3.63) is 68.2 Å². The van der Waals surface area contributed by atoms with Gasteiger partial charge in [0, 0.05) is 6.42 Å². The number of H-pyrrole nitrogens is 1. The number of benzene rings is 1. The summed E-state index contributed by atoms with van der Waals surface area (Å²) in [7, 11) is -4.17. The molecule has 1 fully saturated rings. The summed E-state index contributed by atoms with van der Waals surface area (Å²) in [4.78, 5) is 37.4. The molecule has 0 saturated carbocycles. The number of aliphatic hydroxyl groups is 1. The highest BCUT2D eigenvalue weighted by Gasteiger charge is 2.39. The number of nitrogens with one attached hydrogen (secondary N) is 2. The lowest BCUT2D eigenvalue weighted by Gasteiger charge is -2.25. The van der Waals surface area contributed by atoms with E-state index in [4.69, 9.17) is 18.5 Å². The molecule has 1 aromatic carbocycles. The Kier molecular flexibility index (Phi) is 9.57. The van der Waals surface area contributed by atoms with E-state index in [1.807, 2.05) is 24.0 Å². The number of rotatable bonds is 11. The van der Waals surface area contributed by atoms with E-state index in [2.05, 4.69) is 5.09 Å². The van der Waals surface area contributed by atoms with Gasteiger partial charge in [0.15, 0.2) is 0 Å². The molecule has 37 heavy (non-hydrogen) atoms. The quantitative estimate of drug-likeness (QED) is 0.282. The van der Waals surface area contributed by atoms with Gasteiger partial charge in [0.1, 0.15) is 18.4 Å². The second kappa shape index (κ2) is 12.2. The average molecular weight is 543 g/mol. The summed E-state index contributed by atoms with van der Waals surface area (Å²) < 4.78 is 50.0. The fourth-order valence-corrected chi connectivity index (χ4v) is 5.00. The van der Waals surface area contributed by atoms with Crippen LogP contribution in [-0.4, -0.2) is 51.6 Å². The number of hydrogen-bond donors (Lipinski definition) is 3. The molecule has 0 aliphatic carbocycles. The Balaban J connectivity index is 1.73. The third-order valence-corrected chi connectivity index (χ3v) is 7.22. The zero-order valence-electron chi connectivity index (χ0n) is 20.9. The van der Waals surface area contributed by atoms with Crippen LogP contribution in [0.4, 0.5) is 4.39 Å². The molecule has 1 aliphatic rings. The summed E-state index contributed by atoms with van der Waals surface area (Å²) in [6, 6.07) is 6.20. The van der Waals surface area contributed by atoms with Crippen LogP contribution in [-0.2, 0) is 34.5 Å². The molecule has 2 heterocycles. The Morgan fingerprint density at radius 2 is 2.00 bits per heavy atom. The molecule has 0 amide bonds. The van der Waals surface area contributed by atoms with Crippen molar-refractivity contribution in [1.82, 2.24) is 14.6 Å². The van der Waals surface area contributed by atoms with Crippen molar-refractivity contribution < 1.29 is 37.4 Å². The summed E-state index contributed by atoms with van der Waals surface area (Å²) in [6.07, 6.45) is -3.21. The molecule has 5 atom stereocenters. The van der Waals surface area contributed by atoms with Gasteiger partial charge in [-0.05, 0) is 38.8 Å². The molecule has 1 aliphatic heterocycles. The first kappa shape index (κ1) is 28.9. The van der Waals surface area contributed by atoms with Crippen molar-refractivity contribution in [1.29, 1.82) is 0 Å². The van der Waals surface area contributed by atoms with Crippen molar-refractivity contribution in [2.75, 3.05) is 6.61 Å². The second-order valence-electron chi connectivity index (χ2n) is 8.91. The molecule has 1 aromatic heterocycles. The van der Waals surface area contributed by atoms with Crippen LogP contribution in [0, 0.1) is 12.7 Å². The van der Waals surface area contributed by atoms with Crippen molar-refractivity contribution in [2.24, 2.45) is 0 Å². The maximum atomic E-state index is 13.7. The third kappa shape index (κ3) is 7.67. The largest absolute Gasteiger partial charge is 0.462 e. The lowest BCUT2D eigenvalue weighted by atomic mass is 10.1. The van der Waals surface area contributed by atoms with Gasteiger partial charge in [-0.3, -0.25) is 28.2 Å². The summed E-state index contributed by atoms with van der Waals surface area (Å²) in [5.41, 5.74) is -0.473.